The highest BCUT2D eigenvalue weighted by Crippen LogP contribution is 2.08. The average molecular weight is 159 g/mol. The van der Waals surface area contributed by atoms with E-state index in [9.17, 15) is 0 Å². The zero-order chi connectivity index (χ0) is 7.56. The van der Waals surface area contributed by atoms with Crippen LogP contribution in [0.25, 0.3) is 0 Å². The molecule has 2 atom stereocenters. The van der Waals surface area contributed by atoms with Gasteiger partial charge in [-0.3, -0.25) is 0 Å². The Morgan fingerprint density at radius 1 is 1.40 bits per heavy atom. The molecule has 10 heavy (non-hydrogen) atoms. The Labute approximate surface area is 67.2 Å². The lowest BCUT2D eigenvalue weighted by molar-refractivity contribution is -0.0461. The van der Waals surface area contributed by atoms with Gasteiger partial charge in [-0.2, -0.15) is 0 Å². The Morgan fingerprint density at radius 3 is 2.30 bits per heavy atom. The summed E-state index contributed by atoms with van der Waals surface area (Å²) in [6, 6.07) is 0. The van der Waals surface area contributed by atoms with E-state index in [-0.39, 0.29) is 0 Å². The van der Waals surface area contributed by atoms with Gasteiger partial charge in [-0.15, -0.1) is 0 Å². The van der Waals surface area contributed by atoms with Crippen LogP contribution in [0.5, 0.6) is 0 Å². The van der Waals surface area contributed by atoms with Gasteiger partial charge >= 0.3 is 0 Å². The largest absolute Gasteiger partial charge is 0.372 e. The number of ether oxygens (including phenoxy) is 1. The van der Waals surface area contributed by atoms with E-state index >= 15 is 0 Å². The smallest absolute Gasteiger partial charge is 0.0726 e. The van der Waals surface area contributed by atoms with Crippen LogP contribution in [0.4, 0.5) is 0 Å². The van der Waals surface area contributed by atoms with Gasteiger partial charge < -0.3 is 9.64 Å². The second-order valence-corrected chi connectivity index (χ2v) is 3.03. The molecule has 3 heteroatoms. The van der Waals surface area contributed by atoms with Crippen LogP contribution in [-0.2, 0) is 4.74 Å². The third kappa shape index (κ3) is 1.92. The van der Waals surface area contributed by atoms with Crippen molar-refractivity contribution in [3.8, 4) is 0 Å². The summed E-state index contributed by atoms with van der Waals surface area (Å²) in [7, 11) is 0. The van der Waals surface area contributed by atoms with Crippen molar-refractivity contribution in [2.75, 3.05) is 13.1 Å². The van der Waals surface area contributed by atoms with E-state index in [1.165, 1.54) is 0 Å². The minimum absolute atomic E-state index is 0.322. The molecular formula is C7H13NOS. The minimum atomic E-state index is 0.322. The fraction of sp³-hybridized carbons (Fsp3) is 0.857. The lowest BCUT2D eigenvalue weighted by Gasteiger charge is -2.33. The van der Waals surface area contributed by atoms with Crippen molar-refractivity contribution in [3.63, 3.8) is 0 Å². The molecule has 1 saturated heterocycles. The molecule has 1 aliphatic rings. The summed E-state index contributed by atoms with van der Waals surface area (Å²) in [5.74, 6) is 0. The monoisotopic (exact) mass is 159 g/mol. The van der Waals surface area contributed by atoms with Gasteiger partial charge in [0.25, 0.3) is 0 Å². The molecule has 1 rings (SSSR count). The van der Waals surface area contributed by atoms with Gasteiger partial charge in [0, 0.05) is 13.1 Å². The van der Waals surface area contributed by atoms with Gasteiger partial charge in [0.05, 0.1) is 17.7 Å². The maximum atomic E-state index is 5.51. The van der Waals surface area contributed by atoms with E-state index in [2.05, 4.69) is 18.7 Å². The van der Waals surface area contributed by atoms with Crippen molar-refractivity contribution in [1.29, 1.82) is 0 Å². The lowest BCUT2D eigenvalue weighted by atomic mass is 10.2. The van der Waals surface area contributed by atoms with Gasteiger partial charge in [0.2, 0.25) is 0 Å². The third-order valence-electron chi connectivity index (χ3n) is 1.60. The van der Waals surface area contributed by atoms with Crippen molar-refractivity contribution < 1.29 is 4.74 Å². The van der Waals surface area contributed by atoms with Crippen molar-refractivity contribution >= 4 is 17.7 Å². The fourth-order valence-corrected chi connectivity index (χ4v) is 1.48. The van der Waals surface area contributed by atoms with Crippen molar-refractivity contribution in [1.82, 2.24) is 4.90 Å². The molecule has 0 aliphatic carbocycles. The average Bonchev–Trinajstić information content (AvgIpc) is 1.85. The van der Waals surface area contributed by atoms with Crippen LogP contribution in [0.1, 0.15) is 13.8 Å². The van der Waals surface area contributed by atoms with E-state index in [0.717, 1.165) is 13.1 Å². The molecule has 2 unspecified atom stereocenters. The standard InChI is InChI=1S/C7H13NOS/c1-6-3-8(5-10)4-7(2)9-6/h5-7H,3-4H2,1-2H3. The predicted octanol–water partition coefficient (Wildman–Crippen LogP) is 1.05. The SMILES string of the molecule is CC1CN(C=S)CC(C)O1. The molecule has 0 bridgehead atoms. The number of nitrogens with zero attached hydrogens (tertiary/aromatic N) is 1. The molecule has 0 amide bonds. The van der Waals surface area contributed by atoms with Crippen LogP contribution in [0, 0.1) is 0 Å². The summed E-state index contributed by atoms with van der Waals surface area (Å²) < 4.78 is 5.51. The summed E-state index contributed by atoms with van der Waals surface area (Å²) in [5.41, 5.74) is 1.72. The first-order chi connectivity index (χ1) is 4.72. The molecule has 58 valence electrons. The molecular weight excluding hydrogens is 146 g/mol. The Kier molecular flexibility index (Phi) is 2.63. The number of rotatable bonds is 1. The summed E-state index contributed by atoms with van der Waals surface area (Å²) in [6.45, 7) is 6.02. The number of thiocarbonyl (C=S) groups is 1. The molecule has 0 aromatic heterocycles. The molecule has 1 heterocycles. The molecule has 0 spiro atoms. The van der Waals surface area contributed by atoms with Crippen LogP contribution < -0.4 is 0 Å². The Balaban J connectivity index is 2.42. The Bertz CT molecular complexity index is 119. The van der Waals surface area contributed by atoms with Gasteiger partial charge in [-0.25, -0.2) is 0 Å². The topological polar surface area (TPSA) is 12.5 Å². The molecule has 1 fully saturated rings. The summed E-state index contributed by atoms with van der Waals surface area (Å²) >= 11 is 4.82. The van der Waals surface area contributed by atoms with Crippen molar-refractivity contribution in [2.24, 2.45) is 0 Å². The van der Waals surface area contributed by atoms with Gasteiger partial charge in [-0.1, -0.05) is 12.2 Å². The molecule has 0 radical (unpaired) electrons. The highest BCUT2D eigenvalue weighted by molar-refractivity contribution is 7.78. The second-order valence-electron chi connectivity index (χ2n) is 2.82. The van der Waals surface area contributed by atoms with Crippen LogP contribution >= 0.6 is 12.2 Å². The van der Waals surface area contributed by atoms with Crippen LogP contribution in [0.3, 0.4) is 0 Å². The quantitative estimate of drug-likeness (QED) is 0.531. The summed E-state index contributed by atoms with van der Waals surface area (Å²) in [6.07, 6.45) is 0.644. The fourth-order valence-electron chi connectivity index (χ4n) is 1.30. The van der Waals surface area contributed by atoms with E-state index in [1.807, 2.05) is 0 Å². The minimum Gasteiger partial charge on any atom is -0.372 e. The first-order valence-electron chi connectivity index (χ1n) is 3.57. The van der Waals surface area contributed by atoms with Crippen LogP contribution in [0.15, 0.2) is 0 Å². The first kappa shape index (κ1) is 7.95. The predicted molar refractivity (Wildman–Crippen MR) is 45.2 cm³/mol. The van der Waals surface area contributed by atoms with Gasteiger partial charge in [-0.05, 0) is 13.8 Å². The Hall–Kier alpha value is -0.150. The van der Waals surface area contributed by atoms with E-state index in [0.29, 0.717) is 12.2 Å². The lowest BCUT2D eigenvalue weighted by Crippen LogP contribution is -2.44. The van der Waals surface area contributed by atoms with Crippen molar-refractivity contribution in [3.05, 3.63) is 0 Å². The number of hydrogen-bond donors (Lipinski definition) is 0. The van der Waals surface area contributed by atoms with Crippen molar-refractivity contribution in [2.45, 2.75) is 26.1 Å². The molecule has 0 N–H and O–H groups in total. The van der Waals surface area contributed by atoms with E-state index in [1.54, 1.807) is 5.49 Å². The van der Waals surface area contributed by atoms with E-state index < -0.39 is 0 Å². The second kappa shape index (κ2) is 3.30. The third-order valence-corrected chi connectivity index (χ3v) is 1.90. The molecule has 0 saturated carbocycles. The first-order valence-corrected chi connectivity index (χ1v) is 4.04. The van der Waals surface area contributed by atoms with Gasteiger partial charge in [0.1, 0.15) is 0 Å². The molecule has 1 aliphatic heterocycles. The van der Waals surface area contributed by atoms with Crippen LogP contribution in [0.2, 0.25) is 0 Å². The normalized spacial score (nSPS) is 34.0. The highest BCUT2D eigenvalue weighted by Gasteiger charge is 2.19. The summed E-state index contributed by atoms with van der Waals surface area (Å²) in [4.78, 5) is 2.12. The van der Waals surface area contributed by atoms with E-state index in [4.69, 9.17) is 17.0 Å². The zero-order valence-electron chi connectivity index (χ0n) is 6.41. The number of hydrogen-bond acceptors (Lipinski definition) is 2. The zero-order valence-corrected chi connectivity index (χ0v) is 7.23. The van der Waals surface area contributed by atoms with Gasteiger partial charge in [0.15, 0.2) is 0 Å². The summed E-state index contributed by atoms with van der Waals surface area (Å²) in [5, 5.41) is 0. The van der Waals surface area contributed by atoms with Crippen LogP contribution in [-0.4, -0.2) is 35.7 Å². The molecule has 0 aromatic rings. The molecule has 0 aromatic carbocycles. The highest BCUT2D eigenvalue weighted by atomic mass is 32.1. The maximum absolute atomic E-state index is 5.51. The molecule has 2 nitrogen and oxygen atoms in total. The Morgan fingerprint density at radius 2 is 1.90 bits per heavy atom. The maximum Gasteiger partial charge on any atom is 0.0726 e. The number of morpholine rings is 1.